The van der Waals surface area contributed by atoms with Gasteiger partial charge in [-0.05, 0) is 19.1 Å². The van der Waals surface area contributed by atoms with Crippen LogP contribution < -0.4 is 15.4 Å². The Hall–Kier alpha value is -1.82. The van der Waals surface area contributed by atoms with Crippen LogP contribution >= 0.6 is 22.7 Å². The summed E-state index contributed by atoms with van der Waals surface area (Å²) >= 11 is 2.60. The molecular weight excluding hydrogens is 360 g/mol. The molecule has 2 aromatic rings. The van der Waals surface area contributed by atoms with Gasteiger partial charge in [-0.25, -0.2) is 22.9 Å². The van der Waals surface area contributed by atoms with Gasteiger partial charge in [-0.15, -0.1) is 22.7 Å². The van der Waals surface area contributed by atoms with Crippen molar-refractivity contribution in [2.75, 3.05) is 6.54 Å². The molecule has 11 heteroatoms. The maximum absolute atomic E-state index is 12.3. The molecule has 122 valence electrons. The van der Waals surface area contributed by atoms with Crippen molar-refractivity contribution < 1.29 is 18.0 Å². The average molecular weight is 372 g/mol. The minimum absolute atomic E-state index is 0.142. The summed E-state index contributed by atoms with van der Waals surface area (Å²) in [6.07, 6.45) is 1.70. The van der Waals surface area contributed by atoms with Gasteiger partial charge in [0.05, 0.1) is 9.88 Å². The van der Waals surface area contributed by atoms with E-state index in [0.717, 1.165) is 26.1 Å². The monoisotopic (exact) mass is 372 g/mol. The number of thiazole rings is 1. The van der Waals surface area contributed by atoms with E-state index in [4.69, 9.17) is 0 Å². The predicted octanol–water partition coefficient (Wildman–Crippen LogP) is 0.666. The van der Waals surface area contributed by atoms with Crippen LogP contribution in [-0.4, -0.2) is 37.9 Å². The maximum Gasteiger partial charge on any atom is 0.322 e. The number of carbonyl (C=O) groups excluding carboxylic acids is 2. The zero-order chi connectivity index (χ0) is 16.6. The number of carbonyl (C=O) groups is 2. The van der Waals surface area contributed by atoms with E-state index in [1.807, 2.05) is 12.2 Å². The van der Waals surface area contributed by atoms with E-state index in [9.17, 15) is 18.0 Å². The van der Waals surface area contributed by atoms with E-state index < -0.39 is 28.0 Å². The maximum atomic E-state index is 12.3. The Bertz CT molecular complexity index is 871. The summed E-state index contributed by atoms with van der Waals surface area (Å²) < 4.78 is 27.0. The Morgan fingerprint density at radius 1 is 1.26 bits per heavy atom. The molecule has 0 bridgehead atoms. The number of thiophene rings is 1. The standard InChI is InChI=1S/C12H12N4O4S3/c1-6-13-5-9(21-6)8-2-3-10(22-8)23(19,20)14-4-7-11(17)16-12(18)15-7/h2-3,5,7,14H,4H2,1H3,(H2,15,16,17,18)/t7-/m0/s1. The molecule has 1 atom stereocenters. The van der Waals surface area contributed by atoms with Crippen molar-refractivity contribution in [2.45, 2.75) is 17.2 Å². The fourth-order valence-corrected chi connectivity index (χ4v) is 5.19. The minimum atomic E-state index is -3.75. The summed E-state index contributed by atoms with van der Waals surface area (Å²) in [7, 11) is -3.75. The number of amides is 3. The first kappa shape index (κ1) is 16.1. The molecule has 3 amide bonds. The third kappa shape index (κ3) is 3.42. The summed E-state index contributed by atoms with van der Waals surface area (Å²) in [5.41, 5.74) is 0. The van der Waals surface area contributed by atoms with Crippen LogP contribution in [0.5, 0.6) is 0 Å². The number of urea groups is 1. The number of aryl methyl sites for hydroxylation is 1. The van der Waals surface area contributed by atoms with Crippen LogP contribution in [0, 0.1) is 6.92 Å². The molecular formula is C12H12N4O4S3. The topological polar surface area (TPSA) is 117 Å². The van der Waals surface area contributed by atoms with Gasteiger partial charge in [0.1, 0.15) is 10.3 Å². The van der Waals surface area contributed by atoms with Crippen molar-refractivity contribution in [1.82, 2.24) is 20.3 Å². The molecule has 0 aromatic carbocycles. The third-order valence-corrected chi connectivity index (χ3v) is 7.16. The number of sulfonamides is 1. The fourth-order valence-electron chi connectivity index (χ4n) is 1.94. The van der Waals surface area contributed by atoms with Crippen LogP contribution in [-0.2, 0) is 14.8 Å². The van der Waals surface area contributed by atoms with E-state index in [2.05, 4.69) is 15.0 Å². The van der Waals surface area contributed by atoms with Gasteiger partial charge in [0, 0.05) is 17.6 Å². The van der Waals surface area contributed by atoms with Crippen LogP contribution in [0.1, 0.15) is 5.01 Å². The Labute approximate surface area is 140 Å². The van der Waals surface area contributed by atoms with Crippen molar-refractivity contribution in [1.29, 1.82) is 0 Å². The van der Waals surface area contributed by atoms with E-state index in [0.29, 0.717) is 0 Å². The molecule has 0 saturated carbocycles. The minimum Gasteiger partial charge on any atom is -0.325 e. The molecule has 0 spiro atoms. The van der Waals surface area contributed by atoms with Gasteiger partial charge in [0.2, 0.25) is 10.0 Å². The van der Waals surface area contributed by atoms with Crippen molar-refractivity contribution in [2.24, 2.45) is 0 Å². The van der Waals surface area contributed by atoms with Crippen LogP contribution in [0.3, 0.4) is 0 Å². The van der Waals surface area contributed by atoms with E-state index in [1.165, 1.54) is 17.4 Å². The summed E-state index contributed by atoms with van der Waals surface area (Å²) in [4.78, 5) is 28.2. The van der Waals surface area contributed by atoms with E-state index in [1.54, 1.807) is 12.3 Å². The second-order valence-electron chi connectivity index (χ2n) is 4.73. The number of hydrogen-bond acceptors (Lipinski definition) is 7. The lowest BCUT2D eigenvalue weighted by Crippen LogP contribution is -2.41. The molecule has 1 aliphatic heterocycles. The zero-order valence-corrected chi connectivity index (χ0v) is 14.3. The van der Waals surface area contributed by atoms with Crippen LogP contribution in [0.4, 0.5) is 4.79 Å². The van der Waals surface area contributed by atoms with Crippen molar-refractivity contribution in [3.63, 3.8) is 0 Å². The number of nitrogens with zero attached hydrogens (tertiary/aromatic N) is 1. The highest BCUT2D eigenvalue weighted by atomic mass is 32.2. The summed E-state index contributed by atoms with van der Waals surface area (Å²) in [5, 5.41) is 5.28. The summed E-state index contributed by atoms with van der Waals surface area (Å²) in [6.45, 7) is 1.68. The molecule has 8 nitrogen and oxygen atoms in total. The molecule has 2 aromatic heterocycles. The quantitative estimate of drug-likeness (QED) is 0.667. The molecule has 0 aliphatic carbocycles. The Kier molecular flexibility index (Phi) is 4.19. The summed E-state index contributed by atoms with van der Waals surface area (Å²) in [6, 6.07) is 1.69. The predicted molar refractivity (Wildman–Crippen MR) is 85.8 cm³/mol. The van der Waals surface area contributed by atoms with Gasteiger partial charge < -0.3 is 5.32 Å². The van der Waals surface area contributed by atoms with Crippen molar-refractivity contribution in [3.8, 4) is 9.75 Å². The number of imide groups is 1. The fraction of sp³-hybridized carbons (Fsp3) is 0.250. The molecule has 0 unspecified atom stereocenters. The average Bonchev–Trinajstić information content (AvgIpc) is 3.17. The molecule has 3 N–H and O–H groups in total. The first-order valence-electron chi connectivity index (χ1n) is 6.49. The highest BCUT2D eigenvalue weighted by molar-refractivity contribution is 7.91. The normalized spacial score (nSPS) is 18.0. The van der Waals surface area contributed by atoms with Crippen LogP contribution in [0.15, 0.2) is 22.5 Å². The van der Waals surface area contributed by atoms with Gasteiger partial charge in [-0.2, -0.15) is 0 Å². The van der Waals surface area contributed by atoms with Crippen molar-refractivity contribution in [3.05, 3.63) is 23.3 Å². The highest BCUT2D eigenvalue weighted by Gasteiger charge is 2.31. The molecule has 1 aliphatic rings. The van der Waals surface area contributed by atoms with Gasteiger partial charge in [-0.1, -0.05) is 0 Å². The molecule has 1 saturated heterocycles. The molecule has 3 rings (SSSR count). The Morgan fingerprint density at radius 2 is 2.04 bits per heavy atom. The van der Waals surface area contributed by atoms with Gasteiger partial charge in [0.25, 0.3) is 5.91 Å². The number of nitrogens with one attached hydrogen (secondary N) is 3. The first-order chi connectivity index (χ1) is 10.8. The van der Waals surface area contributed by atoms with E-state index >= 15 is 0 Å². The largest absolute Gasteiger partial charge is 0.325 e. The van der Waals surface area contributed by atoms with Gasteiger partial charge in [-0.3, -0.25) is 10.1 Å². The Balaban J connectivity index is 1.72. The summed E-state index contributed by atoms with van der Waals surface area (Å²) in [5.74, 6) is -0.551. The smallest absolute Gasteiger partial charge is 0.322 e. The van der Waals surface area contributed by atoms with E-state index in [-0.39, 0.29) is 10.8 Å². The van der Waals surface area contributed by atoms with Gasteiger partial charge in [0.15, 0.2) is 0 Å². The lowest BCUT2D eigenvalue weighted by Gasteiger charge is -2.08. The molecule has 0 radical (unpaired) electrons. The van der Waals surface area contributed by atoms with Crippen LogP contribution in [0.25, 0.3) is 9.75 Å². The highest BCUT2D eigenvalue weighted by Crippen LogP contribution is 2.33. The first-order valence-corrected chi connectivity index (χ1v) is 9.60. The lowest BCUT2D eigenvalue weighted by atomic mass is 10.3. The molecule has 23 heavy (non-hydrogen) atoms. The third-order valence-electron chi connectivity index (χ3n) is 3.05. The second-order valence-corrected chi connectivity index (χ2v) is 9.04. The number of rotatable bonds is 5. The molecule has 1 fully saturated rings. The molecule has 3 heterocycles. The lowest BCUT2D eigenvalue weighted by molar-refractivity contribution is -0.120. The zero-order valence-electron chi connectivity index (χ0n) is 11.8. The second kappa shape index (κ2) is 6.00. The van der Waals surface area contributed by atoms with Crippen molar-refractivity contribution >= 4 is 44.6 Å². The SMILES string of the molecule is Cc1ncc(-c2ccc(S(=O)(=O)NC[C@@H]3NC(=O)NC3=O)s2)s1. The van der Waals surface area contributed by atoms with Gasteiger partial charge >= 0.3 is 6.03 Å². The van der Waals surface area contributed by atoms with Crippen LogP contribution in [0.2, 0.25) is 0 Å². The Morgan fingerprint density at radius 3 is 2.65 bits per heavy atom. The number of hydrogen-bond donors (Lipinski definition) is 3. The number of aromatic nitrogens is 1.